The van der Waals surface area contributed by atoms with Gasteiger partial charge in [-0.3, -0.25) is 0 Å². The van der Waals surface area contributed by atoms with Gasteiger partial charge in [-0.15, -0.1) is 0 Å². The monoisotopic (exact) mass is 248 g/mol. The number of carbonyl (C=O) groups excluding carboxylic acids is 1. The molecule has 1 amide bonds. The SMILES string of the molecule is C=C(Cl)CNC(C)CNC(=O)OC(C)(C)C. The van der Waals surface area contributed by atoms with Gasteiger partial charge in [0.2, 0.25) is 0 Å². The number of amides is 1. The Bertz CT molecular complexity index is 249. The molecule has 0 aromatic heterocycles. The van der Waals surface area contributed by atoms with Crippen molar-refractivity contribution in [3.8, 4) is 0 Å². The molecule has 1 unspecified atom stereocenters. The number of rotatable bonds is 5. The molecule has 0 fully saturated rings. The number of ether oxygens (including phenoxy) is 1. The minimum absolute atomic E-state index is 0.114. The smallest absolute Gasteiger partial charge is 0.407 e. The topological polar surface area (TPSA) is 50.4 Å². The minimum Gasteiger partial charge on any atom is -0.444 e. The summed E-state index contributed by atoms with van der Waals surface area (Å²) in [5.41, 5.74) is -0.467. The molecule has 0 aliphatic heterocycles. The second-order valence-electron chi connectivity index (χ2n) is 4.68. The van der Waals surface area contributed by atoms with Crippen molar-refractivity contribution in [3.63, 3.8) is 0 Å². The van der Waals surface area contributed by atoms with Crippen LogP contribution in [0.25, 0.3) is 0 Å². The maximum absolute atomic E-state index is 11.3. The number of nitrogens with one attached hydrogen (secondary N) is 2. The van der Waals surface area contributed by atoms with Gasteiger partial charge in [-0.2, -0.15) is 0 Å². The summed E-state index contributed by atoms with van der Waals surface area (Å²) < 4.78 is 5.09. The lowest BCUT2D eigenvalue weighted by molar-refractivity contribution is 0.0523. The van der Waals surface area contributed by atoms with E-state index in [9.17, 15) is 4.79 Å². The lowest BCUT2D eigenvalue weighted by Gasteiger charge is -2.21. The third-order valence-electron chi connectivity index (χ3n) is 1.59. The fraction of sp³-hybridized carbons (Fsp3) is 0.727. The number of halogens is 1. The van der Waals surface area contributed by atoms with E-state index in [1.807, 2.05) is 27.7 Å². The van der Waals surface area contributed by atoms with Crippen molar-refractivity contribution >= 4 is 17.7 Å². The second-order valence-corrected chi connectivity index (χ2v) is 5.22. The van der Waals surface area contributed by atoms with E-state index in [4.69, 9.17) is 16.3 Å². The highest BCUT2D eigenvalue weighted by atomic mass is 35.5. The lowest BCUT2D eigenvalue weighted by atomic mass is 10.2. The van der Waals surface area contributed by atoms with Gasteiger partial charge in [0.1, 0.15) is 5.60 Å². The first-order chi connectivity index (χ1) is 7.20. The third-order valence-corrected chi connectivity index (χ3v) is 1.73. The molecular formula is C11H21ClN2O2. The standard InChI is InChI=1S/C11H21ClN2O2/c1-8(12)6-13-9(2)7-14-10(15)16-11(3,4)5/h9,13H,1,6-7H2,2-5H3,(H,14,15). The van der Waals surface area contributed by atoms with Crippen molar-refractivity contribution in [2.45, 2.75) is 39.3 Å². The van der Waals surface area contributed by atoms with Crippen molar-refractivity contribution in [3.05, 3.63) is 11.6 Å². The molecule has 0 radical (unpaired) electrons. The van der Waals surface area contributed by atoms with Crippen LogP contribution in [-0.2, 0) is 4.74 Å². The predicted octanol–water partition coefficient (Wildman–Crippen LogP) is 2.24. The Morgan fingerprint density at radius 3 is 2.50 bits per heavy atom. The maximum atomic E-state index is 11.3. The number of alkyl carbamates (subject to hydrolysis) is 1. The second kappa shape index (κ2) is 6.76. The molecule has 0 aliphatic carbocycles. The molecule has 94 valence electrons. The summed E-state index contributed by atoms with van der Waals surface area (Å²) >= 11 is 5.60. The summed E-state index contributed by atoms with van der Waals surface area (Å²) in [5.74, 6) is 0. The first-order valence-corrected chi connectivity index (χ1v) is 5.62. The maximum Gasteiger partial charge on any atom is 0.407 e. The Morgan fingerprint density at radius 1 is 1.50 bits per heavy atom. The first kappa shape index (κ1) is 15.3. The van der Waals surface area contributed by atoms with E-state index >= 15 is 0 Å². The molecule has 2 N–H and O–H groups in total. The summed E-state index contributed by atoms with van der Waals surface area (Å²) in [5, 5.41) is 6.31. The van der Waals surface area contributed by atoms with Crippen LogP contribution in [0.5, 0.6) is 0 Å². The fourth-order valence-electron chi connectivity index (χ4n) is 0.908. The summed E-state index contributed by atoms with van der Waals surface area (Å²) in [6.45, 7) is 12.0. The van der Waals surface area contributed by atoms with Crippen LogP contribution < -0.4 is 10.6 Å². The summed E-state index contributed by atoms with van der Waals surface area (Å²) in [4.78, 5) is 11.3. The molecule has 0 saturated carbocycles. The van der Waals surface area contributed by atoms with Crippen molar-refractivity contribution in [1.29, 1.82) is 0 Å². The Hall–Kier alpha value is -0.740. The Balaban J connectivity index is 3.71. The highest BCUT2D eigenvalue weighted by Gasteiger charge is 2.16. The van der Waals surface area contributed by atoms with Crippen LogP contribution in [0.2, 0.25) is 0 Å². The molecule has 5 heteroatoms. The highest BCUT2D eigenvalue weighted by molar-refractivity contribution is 6.29. The zero-order chi connectivity index (χ0) is 12.8. The van der Waals surface area contributed by atoms with Crippen molar-refractivity contribution in [2.24, 2.45) is 0 Å². The number of carbonyl (C=O) groups is 1. The van der Waals surface area contributed by atoms with Gasteiger partial charge in [0.15, 0.2) is 0 Å². The van der Waals surface area contributed by atoms with Gasteiger partial charge in [-0.05, 0) is 27.7 Å². The van der Waals surface area contributed by atoms with E-state index < -0.39 is 11.7 Å². The molecule has 4 nitrogen and oxygen atoms in total. The Kier molecular flexibility index (Phi) is 6.45. The molecule has 0 rings (SSSR count). The normalized spacial score (nSPS) is 13.1. The van der Waals surface area contributed by atoms with Crippen LogP contribution in [0.4, 0.5) is 4.79 Å². The molecule has 0 aromatic rings. The molecule has 0 heterocycles. The zero-order valence-corrected chi connectivity index (χ0v) is 11.1. The third kappa shape index (κ3) is 9.80. The van der Waals surface area contributed by atoms with Crippen LogP contribution in [0, 0.1) is 0 Å². The quantitative estimate of drug-likeness (QED) is 0.785. The molecule has 0 aliphatic rings. The molecule has 0 bridgehead atoms. The van der Waals surface area contributed by atoms with E-state index in [1.54, 1.807) is 0 Å². The van der Waals surface area contributed by atoms with Gasteiger partial charge in [0.05, 0.1) is 0 Å². The molecule has 0 spiro atoms. The zero-order valence-electron chi connectivity index (χ0n) is 10.4. The van der Waals surface area contributed by atoms with E-state index in [0.717, 1.165) is 0 Å². The van der Waals surface area contributed by atoms with Gasteiger partial charge in [0, 0.05) is 24.2 Å². The van der Waals surface area contributed by atoms with E-state index in [1.165, 1.54) is 0 Å². The summed E-state index contributed by atoms with van der Waals surface area (Å²) in [6.07, 6.45) is -0.411. The Morgan fingerprint density at radius 2 is 2.06 bits per heavy atom. The average molecular weight is 249 g/mol. The largest absolute Gasteiger partial charge is 0.444 e. The van der Waals surface area contributed by atoms with Gasteiger partial charge < -0.3 is 15.4 Å². The van der Waals surface area contributed by atoms with Crippen LogP contribution in [0.15, 0.2) is 11.6 Å². The van der Waals surface area contributed by atoms with Crippen LogP contribution in [0.1, 0.15) is 27.7 Å². The predicted molar refractivity (Wildman–Crippen MR) is 66.7 cm³/mol. The molecule has 0 saturated heterocycles. The van der Waals surface area contributed by atoms with Gasteiger partial charge in [0.25, 0.3) is 0 Å². The van der Waals surface area contributed by atoms with E-state index in [-0.39, 0.29) is 6.04 Å². The first-order valence-electron chi connectivity index (χ1n) is 5.24. The van der Waals surface area contributed by atoms with E-state index in [2.05, 4.69) is 17.2 Å². The van der Waals surface area contributed by atoms with Crippen LogP contribution in [0.3, 0.4) is 0 Å². The van der Waals surface area contributed by atoms with Crippen LogP contribution in [-0.4, -0.2) is 30.8 Å². The van der Waals surface area contributed by atoms with Gasteiger partial charge in [-0.1, -0.05) is 18.2 Å². The minimum atomic E-state index is -0.467. The van der Waals surface area contributed by atoms with Crippen LogP contribution >= 0.6 is 11.6 Å². The highest BCUT2D eigenvalue weighted by Crippen LogP contribution is 2.06. The summed E-state index contributed by atoms with van der Waals surface area (Å²) in [6, 6.07) is 0.114. The average Bonchev–Trinajstić information content (AvgIpc) is 2.08. The molecular weight excluding hydrogens is 228 g/mol. The van der Waals surface area contributed by atoms with Crippen molar-refractivity contribution in [1.82, 2.24) is 10.6 Å². The van der Waals surface area contributed by atoms with Crippen molar-refractivity contribution < 1.29 is 9.53 Å². The van der Waals surface area contributed by atoms with Gasteiger partial charge in [-0.25, -0.2) is 4.79 Å². The lowest BCUT2D eigenvalue weighted by Crippen LogP contribution is -2.41. The van der Waals surface area contributed by atoms with E-state index in [0.29, 0.717) is 18.1 Å². The van der Waals surface area contributed by atoms with Gasteiger partial charge >= 0.3 is 6.09 Å². The molecule has 0 aromatic carbocycles. The number of hydrogen-bond acceptors (Lipinski definition) is 3. The Labute approximate surface area is 102 Å². The molecule has 1 atom stereocenters. The van der Waals surface area contributed by atoms with Crippen molar-refractivity contribution in [2.75, 3.05) is 13.1 Å². The number of hydrogen-bond donors (Lipinski definition) is 2. The summed E-state index contributed by atoms with van der Waals surface area (Å²) in [7, 11) is 0. The fourth-order valence-corrected chi connectivity index (χ4v) is 0.985. The molecule has 16 heavy (non-hydrogen) atoms.